The lowest BCUT2D eigenvalue weighted by molar-refractivity contribution is 0.0929. The first-order chi connectivity index (χ1) is 12.6. The van der Waals surface area contributed by atoms with Crippen LogP contribution < -0.4 is 5.32 Å². The largest absolute Gasteiger partial charge is 0.356 e. The Morgan fingerprint density at radius 1 is 1.08 bits per heavy atom. The molecule has 1 aromatic carbocycles. The van der Waals surface area contributed by atoms with Crippen molar-refractivity contribution in [2.45, 2.75) is 13.5 Å². The molecular formula is C20H26N4O2. The Balaban J connectivity index is 1.36. The zero-order valence-electron chi connectivity index (χ0n) is 15.2. The number of rotatable bonds is 7. The smallest absolute Gasteiger partial charge is 0.267 e. The standard InChI is InChI=1S/C20H26N4O2/c1-16(25)18-13-19(22-14-18)20(26)21-7-8-23-9-11-24(12-10-23)15-17-5-3-2-4-6-17/h2-6,13-14,22H,7-12,15H2,1H3,(H,21,26). The molecule has 6 heteroatoms. The SMILES string of the molecule is CC(=O)c1c[nH]c(C(=O)NCCN2CCN(Cc3ccccc3)CC2)c1. The summed E-state index contributed by atoms with van der Waals surface area (Å²) in [4.78, 5) is 31.1. The molecule has 1 aliphatic heterocycles. The Labute approximate surface area is 154 Å². The van der Waals surface area contributed by atoms with Crippen molar-refractivity contribution in [3.05, 3.63) is 59.4 Å². The first kappa shape index (κ1) is 18.4. The van der Waals surface area contributed by atoms with Crippen molar-refractivity contribution >= 4 is 11.7 Å². The van der Waals surface area contributed by atoms with Gasteiger partial charge in [-0.15, -0.1) is 0 Å². The third-order valence-electron chi connectivity index (χ3n) is 4.76. The minimum absolute atomic E-state index is 0.0475. The molecule has 1 aromatic heterocycles. The minimum Gasteiger partial charge on any atom is -0.356 e. The summed E-state index contributed by atoms with van der Waals surface area (Å²) in [5, 5.41) is 2.91. The van der Waals surface area contributed by atoms with E-state index in [1.807, 2.05) is 6.07 Å². The van der Waals surface area contributed by atoms with Gasteiger partial charge >= 0.3 is 0 Å². The molecule has 0 unspecified atom stereocenters. The van der Waals surface area contributed by atoms with Crippen molar-refractivity contribution in [2.24, 2.45) is 0 Å². The van der Waals surface area contributed by atoms with Gasteiger partial charge in [0.15, 0.2) is 5.78 Å². The van der Waals surface area contributed by atoms with E-state index in [0.717, 1.165) is 39.3 Å². The molecule has 0 radical (unpaired) electrons. The molecule has 138 valence electrons. The molecule has 2 heterocycles. The molecular weight excluding hydrogens is 328 g/mol. The van der Waals surface area contributed by atoms with Crippen molar-refractivity contribution < 1.29 is 9.59 Å². The number of nitrogens with one attached hydrogen (secondary N) is 2. The zero-order valence-corrected chi connectivity index (χ0v) is 15.2. The normalized spacial score (nSPS) is 15.7. The highest BCUT2D eigenvalue weighted by molar-refractivity contribution is 5.99. The molecule has 26 heavy (non-hydrogen) atoms. The van der Waals surface area contributed by atoms with Gasteiger partial charge in [-0.25, -0.2) is 0 Å². The van der Waals surface area contributed by atoms with E-state index in [1.165, 1.54) is 12.5 Å². The monoisotopic (exact) mass is 354 g/mol. The second kappa shape index (κ2) is 8.78. The quantitative estimate of drug-likeness (QED) is 0.744. The highest BCUT2D eigenvalue weighted by Gasteiger charge is 2.17. The summed E-state index contributed by atoms with van der Waals surface area (Å²) in [6.07, 6.45) is 1.57. The number of benzene rings is 1. The number of Topliss-reactive ketones (excluding diaryl/α,β-unsaturated/α-hetero) is 1. The second-order valence-corrected chi connectivity index (χ2v) is 6.72. The van der Waals surface area contributed by atoms with Crippen LogP contribution in [0.4, 0.5) is 0 Å². The van der Waals surface area contributed by atoms with Crippen LogP contribution in [0.1, 0.15) is 33.3 Å². The summed E-state index contributed by atoms with van der Waals surface area (Å²) < 4.78 is 0. The fourth-order valence-electron chi connectivity index (χ4n) is 3.16. The summed E-state index contributed by atoms with van der Waals surface area (Å²) >= 11 is 0. The van der Waals surface area contributed by atoms with Crippen molar-refractivity contribution in [3.63, 3.8) is 0 Å². The number of hydrogen-bond donors (Lipinski definition) is 2. The first-order valence-electron chi connectivity index (χ1n) is 9.08. The van der Waals surface area contributed by atoms with E-state index in [-0.39, 0.29) is 11.7 Å². The van der Waals surface area contributed by atoms with Gasteiger partial charge in [0.2, 0.25) is 0 Å². The van der Waals surface area contributed by atoms with Crippen molar-refractivity contribution in [1.82, 2.24) is 20.1 Å². The molecule has 6 nitrogen and oxygen atoms in total. The average molecular weight is 354 g/mol. The van der Waals surface area contributed by atoms with Crippen molar-refractivity contribution in [1.29, 1.82) is 0 Å². The lowest BCUT2D eigenvalue weighted by atomic mass is 10.2. The van der Waals surface area contributed by atoms with Crippen LogP contribution in [0.3, 0.4) is 0 Å². The van der Waals surface area contributed by atoms with E-state index in [0.29, 0.717) is 17.8 Å². The molecule has 0 spiro atoms. The second-order valence-electron chi connectivity index (χ2n) is 6.72. The van der Waals surface area contributed by atoms with Crippen LogP contribution in [0.25, 0.3) is 0 Å². The molecule has 0 saturated carbocycles. The summed E-state index contributed by atoms with van der Waals surface area (Å²) in [5.74, 6) is -0.214. The molecule has 1 saturated heterocycles. The predicted octanol–water partition coefficient (Wildman–Crippen LogP) is 1.76. The van der Waals surface area contributed by atoms with Crippen LogP contribution in [0.5, 0.6) is 0 Å². The lowest BCUT2D eigenvalue weighted by Gasteiger charge is -2.34. The number of carbonyl (C=O) groups is 2. The Morgan fingerprint density at radius 2 is 1.77 bits per heavy atom. The summed E-state index contributed by atoms with van der Waals surface area (Å²) in [6, 6.07) is 12.1. The fraction of sp³-hybridized carbons (Fsp3) is 0.400. The number of amides is 1. The third-order valence-corrected chi connectivity index (χ3v) is 4.76. The number of aromatic amines is 1. The molecule has 0 bridgehead atoms. The number of ketones is 1. The molecule has 2 aromatic rings. The van der Waals surface area contributed by atoms with Gasteiger partial charge in [0.25, 0.3) is 5.91 Å². The zero-order chi connectivity index (χ0) is 18.4. The van der Waals surface area contributed by atoms with Gasteiger partial charge in [-0.2, -0.15) is 0 Å². The number of nitrogens with zero attached hydrogens (tertiary/aromatic N) is 2. The lowest BCUT2D eigenvalue weighted by Crippen LogP contribution is -2.48. The summed E-state index contributed by atoms with van der Waals surface area (Å²) in [6.45, 7) is 8.04. The minimum atomic E-state index is -0.166. The van der Waals surface area contributed by atoms with Gasteiger partial charge in [0, 0.05) is 57.6 Å². The van der Waals surface area contributed by atoms with Crippen LogP contribution in [0.2, 0.25) is 0 Å². The first-order valence-corrected chi connectivity index (χ1v) is 9.08. The number of H-pyrrole nitrogens is 1. The Kier molecular flexibility index (Phi) is 6.20. The van der Waals surface area contributed by atoms with E-state index in [9.17, 15) is 9.59 Å². The maximum atomic E-state index is 12.1. The number of piperazine rings is 1. The van der Waals surface area contributed by atoms with E-state index in [1.54, 1.807) is 12.3 Å². The van der Waals surface area contributed by atoms with Gasteiger partial charge < -0.3 is 10.3 Å². The Morgan fingerprint density at radius 3 is 2.42 bits per heavy atom. The highest BCUT2D eigenvalue weighted by atomic mass is 16.2. The predicted molar refractivity (Wildman–Crippen MR) is 101 cm³/mol. The topological polar surface area (TPSA) is 68.4 Å². The van der Waals surface area contributed by atoms with Gasteiger partial charge in [0.05, 0.1) is 0 Å². The van der Waals surface area contributed by atoms with Gasteiger partial charge in [-0.3, -0.25) is 19.4 Å². The average Bonchev–Trinajstić information content (AvgIpc) is 3.15. The van der Waals surface area contributed by atoms with E-state index in [4.69, 9.17) is 0 Å². The number of hydrogen-bond acceptors (Lipinski definition) is 4. The van der Waals surface area contributed by atoms with Gasteiger partial charge in [-0.05, 0) is 18.6 Å². The van der Waals surface area contributed by atoms with Crippen LogP contribution in [0, 0.1) is 0 Å². The molecule has 1 fully saturated rings. The van der Waals surface area contributed by atoms with Crippen LogP contribution >= 0.6 is 0 Å². The fourth-order valence-corrected chi connectivity index (χ4v) is 3.16. The molecule has 1 amide bonds. The molecule has 3 rings (SSSR count). The molecule has 2 N–H and O–H groups in total. The molecule has 0 aliphatic carbocycles. The summed E-state index contributed by atoms with van der Waals surface area (Å²) in [5.41, 5.74) is 2.32. The van der Waals surface area contributed by atoms with E-state index in [2.05, 4.69) is 44.4 Å². The Hall–Kier alpha value is -2.44. The summed E-state index contributed by atoms with van der Waals surface area (Å²) in [7, 11) is 0. The molecule has 1 aliphatic rings. The third kappa shape index (κ3) is 5.03. The number of aromatic nitrogens is 1. The van der Waals surface area contributed by atoms with Crippen molar-refractivity contribution in [2.75, 3.05) is 39.3 Å². The van der Waals surface area contributed by atoms with E-state index < -0.39 is 0 Å². The van der Waals surface area contributed by atoms with Gasteiger partial charge in [-0.1, -0.05) is 30.3 Å². The maximum absolute atomic E-state index is 12.1. The Bertz CT molecular complexity index is 733. The number of carbonyl (C=O) groups excluding carboxylic acids is 2. The highest BCUT2D eigenvalue weighted by Crippen LogP contribution is 2.08. The van der Waals surface area contributed by atoms with E-state index >= 15 is 0 Å². The maximum Gasteiger partial charge on any atom is 0.267 e. The van der Waals surface area contributed by atoms with Crippen molar-refractivity contribution in [3.8, 4) is 0 Å². The van der Waals surface area contributed by atoms with Crippen LogP contribution in [-0.2, 0) is 6.54 Å². The van der Waals surface area contributed by atoms with Crippen LogP contribution in [0.15, 0.2) is 42.6 Å². The van der Waals surface area contributed by atoms with Gasteiger partial charge in [0.1, 0.15) is 5.69 Å². The molecule has 0 atom stereocenters. The van der Waals surface area contributed by atoms with Crippen LogP contribution in [-0.4, -0.2) is 65.7 Å².